The Morgan fingerprint density at radius 1 is 0.738 bits per heavy atom. The summed E-state index contributed by atoms with van der Waals surface area (Å²) in [5, 5.41) is 11.0. The Balaban J connectivity index is 1.60. The summed E-state index contributed by atoms with van der Waals surface area (Å²) in [6.45, 7) is 8.33. The van der Waals surface area contributed by atoms with Gasteiger partial charge in [-0.3, -0.25) is 4.89 Å². The molecule has 16 heteroatoms. The second-order valence-corrected chi connectivity index (χ2v) is 13.6. The highest BCUT2D eigenvalue weighted by Gasteiger charge is 2.21. The minimum Gasteiger partial charge on any atom is -0.462 e. The van der Waals surface area contributed by atoms with Crippen molar-refractivity contribution in [1.29, 1.82) is 0 Å². The van der Waals surface area contributed by atoms with Crippen LogP contribution in [0.25, 0.3) is 17.2 Å². The maximum absolute atomic E-state index is 13.2. The van der Waals surface area contributed by atoms with E-state index in [2.05, 4.69) is 43.5 Å². The van der Waals surface area contributed by atoms with Crippen molar-refractivity contribution in [2.45, 2.75) is 72.8 Å². The summed E-state index contributed by atoms with van der Waals surface area (Å²) in [4.78, 5) is 63.6. The molecular weight excluding hydrogens is 781 g/mol. The van der Waals surface area contributed by atoms with Crippen LogP contribution in [-0.4, -0.2) is 62.5 Å². The molecule has 61 heavy (non-hydrogen) atoms. The Hall–Kier alpha value is -7.43. The number of nitrogens with two attached hydrogens (primary N) is 1. The maximum atomic E-state index is 13.2. The van der Waals surface area contributed by atoms with E-state index in [9.17, 15) is 14.4 Å². The predicted molar refractivity (Wildman–Crippen MR) is 229 cm³/mol. The number of hydrogen-bond donors (Lipinski definition) is 3. The SMILES string of the molecule is C#CC#COOCc1cc(Nc2nc(Nc3cc(C(=O)OCCCC)cc(C(=O)OCCCC)c3)nc(-n3nc(-c4ccccc4)c(C)c3N)n2)cc(C(=O)OCCCC)c1. The topological polar surface area (TPSA) is 204 Å². The fourth-order valence-corrected chi connectivity index (χ4v) is 5.62. The van der Waals surface area contributed by atoms with Gasteiger partial charge in [0.15, 0.2) is 6.11 Å². The van der Waals surface area contributed by atoms with Gasteiger partial charge in [-0.05, 0) is 74.1 Å². The summed E-state index contributed by atoms with van der Waals surface area (Å²) >= 11 is 0. The van der Waals surface area contributed by atoms with E-state index in [1.54, 1.807) is 18.2 Å². The van der Waals surface area contributed by atoms with Gasteiger partial charge in [-0.15, -0.1) is 6.42 Å². The molecule has 0 aliphatic rings. The minimum absolute atomic E-state index is 0.00449. The van der Waals surface area contributed by atoms with Gasteiger partial charge < -0.3 is 30.6 Å². The summed E-state index contributed by atoms with van der Waals surface area (Å²) in [6.07, 6.45) is 11.9. The Morgan fingerprint density at radius 3 is 1.79 bits per heavy atom. The monoisotopic (exact) mass is 828 g/mol. The van der Waals surface area contributed by atoms with Crippen molar-refractivity contribution in [3.8, 4) is 41.6 Å². The zero-order chi connectivity index (χ0) is 43.6. The number of carbonyl (C=O) groups is 3. The van der Waals surface area contributed by atoms with Crippen LogP contribution in [0.15, 0.2) is 66.7 Å². The highest BCUT2D eigenvalue weighted by atomic mass is 17.2. The second-order valence-electron chi connectivity index (χ2n) is 13.6. The zero-order valence-corrected chi connectivity index (χ0v) is 34.6. The molecule has 5 rings (SSSR count). The normalized spacial score (nSPS) is 10.5. The molecule has 4 N–H and O–H groups in total. The van der Waals surface area contributed by atoms with Gasteiger partial charge in [-0.25, -0.2) is 14.4 Å². The summed E-state index contributed by atoms with van der Waals surface area (Å²) < 4.78 is 17.8. The van der Waals surface area contributed by atoms with Crippen LogP contribution < -0.4 is 16.4 Å². The van der Waals surface area contributed by atoms with E-state index in [1.807, 2.05) is 58.0 Å². The first-order chi connectivity index (χ1) is 29.6. The number of benzene rings is 3. The van der Waals surface area contributed by atoms with E-state index in [0.717, 1.165) is 24.8 Å². The van der Waals surface area contributed by atoms with E-state index >= 15 is 0 Å². The molecule has 0 aliphatic carbocycles. The molecule has 0 fully saturated rings. The lowest BCUT2D eigenvalue weighted by Gasteiger charge is -2.14. The highest BCUT2D eigenvalue weighted by molar-refractivity contribution is 5.97. The van der Waals surface area contributed by atoms with Gasteiger partial charge in [-0.2, -0.15) is 29.6 Å². The van der Waals surface area contributed by atoms with Crippen molar-refractivity contribution in [3.63, 3.8) is 0 Å². The first-order valence-electron chi connectivity index (χ1n) is 19.9. The van der Waals surface area contributed by atoms with E-state index in [4.69, 9.17) is 41.2 Å². The number of nitrogens with zero attached hydrogens (tertiary/aromatic N) is 5. The predicted octanol–water partition coefficient (Wildman–Crippen LogP) is 8.02. The number of terminal acetylenes is 1. The van der Waals surface area contributed by atoms with Gasteiger partial charge in [0.05, 0.1) is 42.2 Å². The Labute approximate surface area is 354 Å². The van der Waals surface area contributed by atoms with E-state index in [-0.39, 0.29) is 72.5 Å². The van der Waals surface area contributed by atoms with Crippen molar-refractivity contribution in [3.05, 3.63) is 94.5 Å². The van der Waals surface area contributed by atoms with Crippen molar-refractivity contribution in [1.82, 2.24) is 24.7 Å². The number of nitrogen functional groups attached to an aromatic ring is 1. The fraction of sp³-hybridized carbons (Fsp3) is 0.311. The Bertz CT molecular complexity index is 2380. The summed E-state index contributed by atoms with van der Waals surface area (Å²) in [5.74, 6) is 2.86. The molecule has 316 valence electrons. The van der Waals surface area contributed by atoms with Crippen molar-refractivity contribution in [2.75, 3.05) is 36.2 Å². The lowest BCUT2D eigenvalue weighted by molar-refractivity contribution is -0.246. The molecule has 0 aliphatic heterocycles. The van der Waals surface area contributed by atoms with Crippen LogP contribution >= 0.6 is 0 Å². The molecule has 0 amide bonds. The van der Waals surface area contributed by atoms with E-state index in [1.165, 1.54) is 22.9 Å². The number of carbonyl (C=O) groups excluding carboxylic acids is 3. The van der Waals surface area contributed by atoms with Crippen LogP contribution in [0.1, 0.15) is 101 Å². The van der Waals surface area contributed by atoms with Crippen LogP contribution in [0.5, 0.6) is 0 Å². The van der Waals surface area contributed by atoms with Gasteiger partial charge in [0, 0.05) is 28.4 Å². The number of rotatable bonds is 21. The van der Waals surface area contributed by atoms with Gasteiger partial charge in [-0.1, -0.05) is 70.4 Å². The molecule has 0 unspecified atom stereocenters. The molecule has 3 aromatic carbocycles. The fourth-order valence-electron chi connectivity index (χ4n) is 5.62. The molecule has 5 aromatic rings. The minimum atomic E-state index is -0.618. The number of ether oxygens (including phenoxy) is 3. The number of anilines is 5. The quantitative estimate of drug-likeness (QED) is 0.0160. The molecule has 2 heterocycles. The maximum Gasteiger partial charge on any atom is 0.338 e. The molecular formula is C45H48N8O8. The third-order valence-electron chi connectivity index (χ3n) is 8.82. The molecule has 0 saturated heterocycles. The number of unbranched alkanes of at least 4 members (excludes halogenated alkanes) is 3. The number of nitrogens with one attached hydrogen (secondary N) is 2. The zero-order valence-electron chi connectivity index (χ0n) is 34.6. The third-order valence-corrected chi connectivity index (χ3v) is 8.82. The smallest absolute Gasteiger partial charge is 0.338 e. The Kier molecular flexibility index (Phi) is 16.6. The summed E-state index contributed by atoms with van der Waals surface area (Å²) in [6, 6.07) is 18.8. The molecule has 0 atom stereocenters. The molecule has 0 spiro atoms. The highest BCUT2D eigenvalue weighted by Crippen LogP contribution is 2.29. The van der Waals surface area contributed by atoms with Crippen LogP contribution in [0, 0.1) is 31.3 Å². The summed E-state index contributed by atoms with van der Waals surface area (Å²) in [5.41, 5.74) is 10.3. The number of hydrogen-bond acceptors (Lipinski definition) is 15. The van der Waals surface area contributed by atoms with E-state index in [0.29, 0.717) is 41.8 Å². The molecule has 0 saturated carbocycles. The van der Waals surface area contributed by atoms with Crippen molar-refractivity contribution >= 4 is 47.0 Å². The lowest BCUT2D eigenvalue weighted by atomic mass is 10.1. The Morgan fingerprint density at radius 2 is 1.26 bits per heavy atom. The standard InChI is InChI=1S/C45H48N8O8/c1-6-10-19-57-40(54)33-23-31(29-61-60-22-13-9-4)24-36(26-33)47-43-49-44(51-45(50-43)53-39(46)30(5)38(52-53)32-17-15-14-16-18-32)48-37-27-34(41(55)58-20-11-7-2)25-35(28-37)42(56)59-21-12-8-3/h4,14-18,23-28H,6-8,10-12,19-21,29,46H2,1-3,5H3,(H2,47,48,49,50,51). The van der Waals surface area contributed by atoms with E-state index < -0.39 is 17.9 Å². The van der Waals surface area contributed by atoms with Crippen LogP contribution in [-0.2, 0) is 30.6 Å². The average molecular weight is 829 g/mol. The first-order valence-corrected chi connectivity index (χ1v) is 19.9. The van der Waals surface area contributed by atoms with Crippen LogP contribution in [0.4, 0.5) is 29.1 Å². The van der Waals surface area contributed by atoms with Crippen molar-refractivity contribution < 1.29 is 38.4 Å². The largest absolute Gasteiger partial charge is 0.462 e. The van der Waals surface area contributed by atoms with Gasteiger partial charge in [0.2, 0.25) is 11.9 Å². The summed E-state index contributed by atoms with van der Waals surface area (Å²) in [7, 11) is 0. The second kappa shape index (κ2) is 22.6. The molecule has 0 radical (unpaired) electrons. The first kappa shape index (κ1) is 44.7. The van der Waals surface area contributed by atoms with Gasteiger partial charge in [0.25, 0.3) is 5.95 Å². The van der Waals surface area contributed by atoms with Crippen LogP contribution in [0.3, 0.4) is 0 Å². The van der Waals surface area contributed by atoms with Crippen molar-refractivity contribution in [2.24, 2.45) is 0 Å². The van der Waals surface area contributed by atoms with Gasteiger partial charge >= 0.3 is 17.9 Å². The lowest BCUT2D eigenvalue weighted by Crippen LogP contribution is -2.14. The van der Waals surface area contributed by atoms with Crippen LogP contribution in [0.2, 0.25) is 0 Å². The third kappa shape index (κ3) is 12.8. The molecule has 0 bridgehead atoms. The molecule has 16 nitrogen and oxygen atoms in total. The molecule has 2 aromatic heterocycles. The number of aromatic nitrogens is 5. The average Bonchev–Trinajstić information content (AvgIpc) is 3.56. The number of esters is 3. The van der Waals surface area contributed by atoms with Gasteiger partial charge in [0.1, 0.15) is 12.4 Å².